The molecule has 0 aliphatic rings. The van der Waals surface area contributed by atoms with E-state index in [1.54, 1.807) is 20.8 Å². The Balaban J connectivity index is 3.48. The first kappa shape index (κ1) is 16.4. The fraction of sp³-hybridized carbons (Fsp3) is 0.500. The van der Waals surface area contributed by atoms with Gasteiger partial charge in [-0.05, 0) is 26.0 Å². The van der Waals surface area contributed by atoms with Crippen LogP contribution >= 0.6 is 11.6 Å². The Kier molecular flexibility index (Phi) is 5.32. The molecule has 0 aromatic heterocycles. The minimum Gasteiger partial charge on any atom is -0.392 e. The number of hydrogen-bond donors (Lipinski definition) is 1. The molecule has 1 rings (SSSR count). The van der Waals surface area contributed by atoms with Crippen LogP contribution in [0.25, 0.3) is 0 Å². The lowest BCUT2D eigenvalue weighted by molar-refractivity contribution is 0.274. The van der Waals surface area contributed by atoms with Gasteiger partial charge >= 0.3 is 0 Å². The van der Waals surface area contributed by atoms with Crippen LogP contribution in [0.4, 0.5) is 4.39 Å². The first-order valence-electron chi connectivity index (χ1n) is 5.86. The Labute approximate surface area is 117 Å². The van der Waals surface area contributed by atoms with E-state index in [1.807, 2.05) is 0 Å². The fourth-order valence-electron chi connectivity index (χ4n) is 1.86. The summed E-state index contributed by atoms with van der Waals surface area (Å²) in [6, 6.07) is 1.98. The molecule has 1 N–H and O–H groups in total. The van der Waals surface area contributed by atoms with Gasteiger partial charge in [0.25, 0.3) is 0 Å². The molecule has 0 amide bonds. The fourth-order valence-corrected chi connectivity index (χ4v) is 3.95. The minimum absolute atomic E-state index is 0.0730. The molecule has 0 aliphatic heterocycles. The van der Waals surface area contributed by atoms with Crippen LogP contribution in [-0.2, 0) is 16.6 Å². The lowest BCUT2D eigenvalue weighted by atomic mass is 10.2. The molecule has 4 nitrogen and oxygen atoms in total. The number of hydrogen-bond acceptors (Lipinski definition) is 3. The SMILES string of the molecule is CCN(C(C)C)S(=O)(=O)c1cc(Cl)cc(CO)c1F. The average molecular weight is 310 g/mol. The van der Waals surface area contributed by atoms with Crippen molar-refractivity contribution in [3.63, 3.8) is 0 Å². The van der Waals surface area contributed by atoms with Crippen molar-refractivity contribution < 1.29 is 17.9 Å². The van der Waals surface area contributed by atoms with Gasteiger partial charge in [-0.1, -0.05) is 18.5 Å². The lowest BCUT2D eigenvalue weighted by Gasteiger charge is -2.25. The maximum Gasteiger partial charge on any atom is 0.246 e. The third-order valence-electron chi connectivity index (χ3n) is 2.72. The summed E-state index contributed by atoms with van der Waals surface area (Å²) in [4.78, 5) is -0.500. The highest BCUT2D eigenvalue weighted by atomic mass is 35.5. The highest BCUT2D eigenvalue weighted by Crippen LogP contribution is 2.27. The zero-order chi connectivity index (χ0) is 14.8. The smallest absolute Gasteiger partial charge is 0.246 e. The summed E-state index contributed by atoms with van der Waals surface area (Å²) in [6.45, 7) is 4.70. The molecular formula is C12H17ClFNO3S. The monoisotopic (exact) mass is 309 g/mol. The highest BCUT2D eigenvalue weighted by molar-refractivity contribution is 7.89. The Hall–Kier alpha value is -0.690. The topological polar surface area (TPSA) is 57.6 Å². The molecule has 0 spiro atoms. The second-order valence-electron chi connectivity index (χ2n) is 4.34. The highest BCUT2D eigenvalue weighted by Gasteiger charge is 2.29. The van der Waals surface area contributed by atoms with E-state index in [0.29, 0.717) is 0 Å². The van der Waals surface area contributed by atoms with Crippen LogP contribution in [0, 0.1) is 5.82 Å². The molecule has 19 heavy (non-hydrogen) atoms. The molecule has 0 saturated carbocycles. The van der Waals surface area contributed by atoms with Crippen molar-refractivity contribution in [2.45, 2.75) is 38.3 Å². The Morgan fingerprint density at radius 2 is 2.00 bits per heavy atom. The quantitative estimate of drug-likeness (QED) is 0.908. The third-order valence-corrected chi connectivity index (χ3v) is 5.09. The predicted octanol–water partition coefficient (Wildman–Crippen LogP) is 2.39. The van der Waals surface area contributed by atoms with Crippen molar-refractivity contribution in [3.05, 3.63) is 28.5 Å². The molecule has 0 aliphatic carbocycles. The standard InChI is InChI=1S/C12H17ClFNO3S/c1-4-15(8(2)3)19(17,18)11-6-10(13)5-9(7-16)12(11)14/h5-6,8,16H,4,7H2,1-3H3. The first-order valence-corrected chi connectivity index (χ1v) is 7.68. The molecule has 0 bridgehead atoms. The van der Waals surface area contributed by atoms with Crippen molar-refractivity contribution in [3.8, 4) is 0 Å². The largest absolute Gasteiger partial charge is 0.392 e. The van der Waals surface area contributed by atoms with Gasteiger partial charge in [-0.2, -0.15) is 4.31 Å². The van der Waals surface area contributed by atoms with Gasteiger partial charge in [0, 0.05) is 23.2 Å². The molecular weight excluding hydrogens is 293 g/mol. The van der Waals surface area contributed by atoms with Crippen LogP contribution in [0.1, 0.15) is 26.3 Å². The van der Waals surface area contributed by atoms with E-state index in [0.717, 1.165) is 6.07 Å². The van der Waals surface area contributed by atoms with E-state index >= 15 is 0 Å². The lowest BCUT2D eigenvalue weighted by Crippen LogP contribution is -2.37. The van der Waals surface area contributed by atoms with Gasteiger partial charge in [0.15, 0.2) is 0 Å². The number of nitrogens with zero attached hydrogens (tertiary/aromatic N) is 1. The van der Waals surface area contributed by atoms with Gasteiger partial charge in [-0.15, -0.1) is 0 Å². The number of halogens is 2. The molecule has 1 aromatic rings. The maximum absolute atomic E-state index is 14.1. The maximum atomic E-state index is 14.1. The number of aliphatic hydroxyl groups excluding tert-OH is 1. The van der Waals surface area contributed by atoms with Crippen LogP contribution < -0.4 is 0 Å². The van der Waals surface area contributed by atoms with Gasteiger partial charge in [-0.25, -0.2) is 12.8 Å². The van der Waals surface area contributed by atoms with Crippen LogP contribution in [-0.4, -0.2) is 30.4 Å². The molecule has 0 saturated heterocycles. The van der Waals surface area contributed by atoms with E-state index in [-0.39, 0.29) is 23.2 Å². The van der Waals surface area contributed by atoms with Crippen molar-refractivity contribution in [1.29, 1.82) is 0 Å². The molecule has 108 valence electrons. The zero-order valence-electron chi connectivity index (χ0n) is 11.0. The molecule has 0 fully saturated rings. The molecule has 0 unspecified atom stereocenters. The Morgan fingerprint density at radius 3 is 2.42 bits per heavy atom. The van der Waals surface area contributed by atoms with Gasteiger partial charge < -0.3 is 5.11 Å². The van der Waals surface area contributed by atoms with Crippen molar-refractivity contribution >= 4 is 21.6 Å². The van der Waals surface area contributed by atoms with Crippen molar-refractivity contribution in [2.75, 3.05) is 6.54 Å². The van der Waals surface area contributed by atoms with Gasteiger partial charge in [0.1, 0.15) is 10.7 Å². The summed E-state index contributed by atoms with van der Waals surface area (Å²) in [5.41, 5.74) is -0.133. The van der Waals surface area contributed by atoms with Crippen LogP contribution in [0.3, 0.4) is 0 Å². The summed E-state index contributed by atoms with van der Waals surface area (Å²) in [5.74, 6) is -0.953. The third kappa shape index (κ3) is 3.25. The van der Waals surface area contributed by atoms with Gasteiger partial charge in [-0.3, -0.25) is 0 Å². The normalized spacial score (nSPS) is 12.4. The Morgan fingerprint density at radius 1 is 1.42 bits per heavy atom. The second kappa shape index (κ2) is 6.17. The van der Waals surface area contributed by atoms with Crippen molar-refractivity contribution in [1.82, 2.24) is 4.31 Å². The summed E-state index contributed by atoms with van der Waals surface area (Å²) >= 11 is 5.77. The summed E-state index contributed by atoms with van der Waals surface area (Å²) < 4.78 is 40.0. The van der Waals surface area contributed by atoms with Crippen LogP contribution in [0.15, 0.2) is 17.0 Å². The summed E-state index contributed by atoms with van der Waals surface area (Å²) in [7, 11) is -3.97. The Bertz CT molecular complexity index is 560. The average Bonchev–Trinajstić information content (AvgIpc) is 2.31. The van der Waals surface area contributed by atoms with Crippen molar-refractivity contribution in [2.24, 2.45) is 0 Å². The van der Waals surface area contributed by atoms with Crippen LogP contribution in [0.5, 0.6) is 0 Å². The second-order valence-corrected chi connectivity index (χ2v) is 6.63. The van der Waals surface area contributed by atoms with Crippen LogP contribution in [0.2, 0.25) is 5.02 Å². The van der Waals surface area contributed by atoms with E-state index in [1.165, 1.54) is 10.4 Å². The zero-order valence-corrected chi connectivity index (χ0v) is 12.6. The van der Waals surface area contributed by atoms with E-state index in [2.05, 4.69) is 0 Å². The molecule has 0 heterocycles. The number of aliphatic hydroxyl groups is 1. The first-order chi connectivity index (χ1) is 8.75. The number of benzene rings is 1. The molecule has 7 heteroatoms. The molecule has 1 aromatic carbocycles. The minimum atomic E-state index is -3.97. The molecule has 0 radical (unpaired) electrons. The predicted molar refractivity (Wildman–Crippen MR) is 72.0 cm³/mol. The number of rotatable bonds is 5. The van der Waals surface area contributed by atoms with Gasteiger partial charge in [0.2, 0.25) is 10.0 Å². The van der Waals surface area contributed by atoms with Gasteiger partial charge in [0.05, 0.1) is 6.61 Å². The van der Waals surface area contributed by atoms with E-state index in [9.17, 15) is 12.8 Å². The summed E-state index contributed by atoms with van der Waals surface area (Å²) in [6.07, 6.45) is 0. The number of sulfonamides is 1. The van der Waals surface area contributed by atoms with E-state index < -0.39 is 27.3 Å². The van der Waals surface area contributed by atoms with E-state index in [4.69, 9.17) is 16.7 Å². The molecule has 0 atom stereocenters. The summed E-state index contributed by atoms with van der Waals surface area (Å²) in [5, 5.41) is 9.10.